The molecule has 2 aliphatic rings. The Balaban J connectivity index is 1.61. The average molecular weight is 623 g/mol. The maximum Gasteiger partial charge on any atom is 0.258 e. The molecule has 4 rings (SSSR count). The fourth-order valence-electron chi connectivity index (χ4n) is 6.14. The number of benzene rings is 1. The summed E-state index contributed by atoms with van der Waals surface area (Å²) in [5, 5.41) is 13.3. The van der Waals surface area contributed by atoms with Gasteiger partial charge in [-0.2, -0.15) is 0 Å². The van der Waals surface area contributed by atoms with Gasteiger partial charge in [0.2, 0.25) is 5.91 Å². The van der Waals surface area contributed by atoms with Crippen molar-refractivity contribution in [3.8, 4) is 5.75 Å². The molecule has 2 N–H and O–H groups in total. The summed E-state index contributed by atoms with van der Waals surface area (Å²) in [5.41, 5.74) is 1.44. The Bertz CT molecular complexity index is 1270. The van der Waals surface area contributed by atoms with E-state index in [2.05, 4.69) is 10.3 Å². The van der Waals surface area contributed by atoms with Gasteiger partial charge in [0.1, 0.15) is 5.75 Å². The van der Waals surface area contributed by atoms with Crippen molar-refractivity contribution in [1.29, 1.82) is 0 Å². The molecule has 1 aliphatic heterocycles. The molecule has 1 fully saturated rings. The summed E-state index contributed by atoms with van der Waals surface area (Å²) in [4.78, 5) is 47.8. The smallest absolute Gasteiger partial charge is 0.258 e. The second-order valence-electron chi connectivity index (χ2n) is 12.8. The topological polar surface area (TPSA) is 121 Å². The van der Waals surface area contributed by atoms with Gasteiger partial charge in [0.15, 0.2) is 0 Å². The van der Waals surface area contributed by atoms with E-state index in [1.165, 1.54) is 0 Å². The van der Waals surface area contributed by atoms with E-state index in [-0.39, 0.29) is 54.9 Å². The molecular formula is C35H50N4O6. The third-order valence-corrected chi connectivity index (χ3v) is 9.02. The van der Waals surface area contributed by atoms with Crippen LogP contribution >= 0.6 is 0 Å². The zero-order valence-electron chi connectivity index (χ0n) is 27.2. The van der Waals surface area contributed by atoms with Crippen LogP contribution in [0.3, 0.4) is 0 Å². The molecule has 3 amide bonds. The number of carbonyl (C=O) groups excluding carboxylic acids is 3. The highest BCUT2D eigenvalue weighted by Crippen LogP contribution is 2.30. The molecule has 4 atom stereocenters. The monoisotopic (exact) mass is 622 g/mol. The third-order valence-electron chi connectivity index (χ3n) is 9.02. The van der Waals surface area contributed by atoms with Crippen LogP contribution in [0.5, 0.6) is 5.75 Å². The number of anilines is 1. The van der Waals surface area contributed by atoms with Gasteiger partial charge in [0.05, 0.1) is 30.4 Å². The zero-order chi connectivity index (χ0) is 32.3. The van der Waals surface area contributed by atoms with E-state index in [0.29, 0.717) is 35.7 Å². The first-order chi connectivity index (χ1) is 21.7. The molecule has 2 heterocycles. The highest BCUT2D eigenvalue weighted by atomic mass is 16.5. The Morgan fingerprint density at radius 1 is 1.07 bits per heavy atom. The molecule has 246 valence electrons. The van der Waals surface area contributed by atoms with E-state index in [4.69, 9.17) is 9.47 Å². The number of rotatable bonds is 7. The first kappa shape index (κ1) is 34.4. The van der Waals surface area contributed by atoms with Crippen molar-refractivity contribution in [3.63, 3.8) is 0 Å². The van der Waals surface area contributed by atoms with Gasteiger partial charge in [0, 0.05) is 62.2 Å². The van der Waals surface area contributed by atoms with E-state index in [1.807, 2.05) is 13.8 Å². The van der Waals surface area contributed by atoms with E-state index >= 15 is 0 Å². The van der Waals surface area contributed by atoms with E-state index in [1.54, 1.807) is 66.5 Å². The summed E-state index contributed by atoms with van der Waals surface area (Å²) < 4.78 is 12.7. The number of carbonyl (C=O) groups is 3. The Morgan fingerprint density at radius 3 is 2.49 bits per heavy atom. The summed E-state index contributed by atoms with van der Waals surface area (Å²) in [5.74, 6) is -0.179. The van der Waals surface area contributed by atoms with E-state index < -0.39 is 6.04 Å². The first-order valence-corrected chi connectivity index (χ1v) is 16.5. The lowest BCUT2D eigenvalue weighted by molar-refractivity contribution is -0.120. The van der Waals surface area contributed by atoms with Gasteiger partial charge in [-0.05, 0) is 76.3 Å². The van der Waals surface area contributed by atoms with Crippen LogP contribution in [-0.2, 0) is 9.53 Å². The Kier molecular flexibility index (Phi) is 12.8. The van der Waals surface area contributed by atoms with Crippen molar-refractivity contribution >= 4 is 23.4 Å². The van der Waals surface area contributed by atoms with Gasteiger partial charge in [-0.15, -0.1) is 0 Å². The zero-order valence-corrected chi connectivity index (χ0v) is 27.2. The molecular weight excluding hydrogens is 572 g/mol. The molecule has 10 heteroatoms. The summed E-state index contributed by atoms with van der Waals surface area (Å²) >= 11 is 0. The van der Waals surface area contributed by atoms with Crippen LogP contribution in [0.1, 0.15) is 92.9 Å². The first-order valence-electron chi connectivity index (χ1n) is 16.5. The molecule has 1 aromatic heterocycles. The predicted molar refractivity (Wildman–Crippen MR) is 173 cm³/mol. The Hall–Kier alpha value is -3.50. The highest BCUT2D eigenvalue weighted by Gasteiger charge is 2.31. The van der Waals surface area contributed by atoms with Crippen LogP contribution < -0.4 is 10.1 Å². The van der Waals surface area contributed by atoms with Crippen LogP contribution in [0.15, 0.2) is 42.7 Å². The van der Waals surface area contributed by atoms with Crippen LogP contribution in [0, 0.1) is 11.8 Å². The van der Waals surface area contributed by atoms with Crippen LogP contribution in [0.4, 0.5) is 5.69 Å². The number of ether oxygens (including phenoxy) is 2. The minimum absolute atomic E-state index is 0.0168. The lowest BCUT2D eigenvalue weighted by Gasteiger charge is -2.36. The van der Waals surface area contributed by atoms with Crippen molar-refractivity contribution < 1.29 is 29.0 Å². The number of likely N-dealkylation sites (N-methyl/N-ethyl adjacent to an activating group) is 1. The summed E-state index contributed by atoms with van der Waals surface area (Å²) in [6, 6.07) is 8.15. The van der Waals surface area contributed by atoms with Crippen molar-refractivity contribution in [2.45, 2.75) is 90.4 Å². The van der Waals surface area contributed by atoms with Crippen molar-refractivity contribution in [3.05, 3.63) is 53.9 Å². The number of amides is 3. The Labute approximate surface area is 267 Å². The molecule has 1 saturated carbocycles. The van der Waals surface area contributed by atoms with Gasteiger partial charge >= 0.3 is 0 Å². The van der Waals surface area contributed by atoms with Crippen LogP contribution in [-0.4, -0.2) is 89.2 Å². The van der Waals surface area contributed by atoms with Crippen molar-refractivity contribution in [2.75, 3.05) is 38.7 Å². The third kappa shape index (κ3) is 9.50. The van der Waals surface area contributed by atoms with Crippen molar-refractivity contribution in [1.82, 2.24) is 14.8 Å². The summed E-state index contributed by atoms with van der Waals surface area (Å²) in [6.07, 6.45) is 10.2. The number of hydrogen-bond acceptors (Lipinski definition) is 7. The van der Waals surface area contributed by atoms with Gasteiger partial charge in [-0.1, -0.05) is 26.2 Å². The number of aromatic nitrogens is 1. The largest absolute Gasteiger partial charge is 0.490 e. The SMILES string of the molecule is C[C@@H]1CCCCO[C@@H](CN(C)C(=O)c2ccncc2)[C@H](C)CN([C@H](C)CO)C(=O)c2cc(NC(=O)C3CCCCC3)ccc2O1. The fourth-order valence-corrected chi connectivity index (χ4v) is 6.14. The molecule has 1 aromatic carbocycles. The molecule has 1 aliphatic carbocycles. The molecule has 0 saturated heterocycles. The number of nitrogens with one attached hydrogen (secondary N) is 1. The molecule has 0 radical (unpaired) electrons. The molecule has 0 bridgehead atoms. The number of hydrogen-bond donors (Lipinski definition) is 2. The van der Waals surface area contributed by atoms with Gasteiger partial charge in [0.25, 0.3) is 11.8 Å². The standard InChI is InChI=1S/C35H50N4O6/c1-24-21-39(25(2)23-40)35(43)30-20-29(37-33(41)27-11-6-5-7-12-27)13-14-31(30)45-26(3)10-8-9-19-44-32(24)22-38(4)34(42)28-15-17-36-18-16-28/h13-18,20,24-27,32,40H,5-12,19,21-23H2,1-4H3,(H,37,41)/t24-,25-,26-,32+/m1/s1. The van der Waals surface area contributed by atoms with Gasteiger partial charge in [-0.3, -0.25) is 19.4 Å². The summed E-state index contributed by atoms with van der Waals surface area (Å²) in [6.45, 7) is 6.71. The summed E-state index contributed by atoms with van der Waals surface area (Å²) in [7, 11) is 1.75. The number of aliphatic hydroxyl groups is 1. The second kappa shape index (κ2) is 16.7. The van der Waals surface area contributed by atoms with Gasteiger partial charge < -0.3 is 29.7 Å². The molecule has 2 aromatic rings. The number of nitrogens with zero attached hydrogens (tertiary/aromatic N) is 3. The normalized spacial score (nSPS) is 22.8. The lowest BCUT2D eigenvalue weighted by Crippen LogP contribution is -2.48. The van der Waals surface area contributed by atoms with Crippen molar-refractivity contribution in [2.24, 2.45) is 11.8 Å². The van der Waals surface area contributed by atoms with Crippen LogP contribution in [0.2, 0.25) is 0 Å². The maximum absolute atomic E-state index is 14.3. The highest BCUT2D eigenvalue weighted by molar-refractivity contribution is 6.00. The van der Waals surface area contributed by atoms with Gasteiger partial charge in [-0.25, -0.2) is 0 Å². The maximum atomic E-state index is 14.3. The van der Waals surface area contributed by atoms with Crippen LogP contribution in [0.25, 0.3) is 0 Å². The average Bonchev–Trinajstić information content (AvgIpc) is 3.06. The quantitative estimate of drug-likeness (QED) is 0.437. The molecule has 45 heavy (non-hydrogen) atoms. The predicted octanol–water partition coefficient (Wildman–Crippen LogP) is 5.17. The Morgan fingerprint density at radius 2 is 1.78 bits per heavy atom. The minimum Gasteiger partial charge on any atom is -0.490 e. The number of pyridine rings is 1. The second-order valence-corrected chi connectivity index (χ2v) is 12.8. The van der Waals surface area contributed by atoms with E-state index in [9.17, 15) is 19.5 Å². The molecule has 0 unspecified atom stereocenters. The number of fused-ring (bicyclic) bond motifs is 1. The van der Waals surface area contributed by atoms with E-state index in [0.717, 1.165) is 51.4 Å². The molecule has 10 nitrogen and oxygen atoms in total. The number of aliphatic hydroxyl groups excluding tert-OH is 1. The molecule has 0 spiro atoms. The fraction of sp³-hybridized carbons (Fsp3) is 0.600. The minimum atomic E-state index is -0.490. The lowest BCUT2D eigenvalue weighted by atomic mass is 9.88.